The first-order valence-electron chi connectivity index (χ1n) is 6.69. The molecule has 0 atom stereocenters. The van der Waals surface area contributed by atoms with Crippen LogP contribution in [-0.4, -0.2) is 29.7 Å². The van der Waals surface area contributed by atoms with Crippen molar-refractivity contribution in [2.75, 3.05) is 13.1 Å². The fourth-order valence-corrected chi connectivity index (χ4v) is 2.39. The molecule has 1 fully saturated rings. The molecule has 2 rings (SSSR count). The minimum absolute atomic E-state index is 0.0346. The average Bonchev–Trinajstić information content (AvgIpc) is 2.66. The molecule has 0 bridgehead atoms. The van der Waals surface area contributed by atoms with E-state index < -0.39 is 5.82 Å². The summed E-state index contributed by atoms with van der Waals surface area (Å²) in [5.41, 5.74) is 0.358. The second kappa shape index (κ2) is 5.95. The van der Waals surface area contributed by atoms with E-state index in [0.29, 0.717) is 5.56 Å². The fourth-order valence-electron chi connectivity index (χ4n) is 2.39. The van der Waals surface area contributed by atoms with Crippen molar-refractivity contribution in [2.24, 2.45) is 0 Å². The van der Waals surface area contributed by atoms with Gasteiger partial charge in [0, 0.05) is 18.7 Å². The maximum Gasteiger partial charge on any atom is 0.253 e. The molecule has 4 heteroatoms. The highest BCUT2D eigenvalue weighted by Gasteiger charge is 2.19. The summed E-state index contributed by atoms with van der Waals surface area (Å²) >= 11 is 0. The van der Waals surface area contributed by atoms with Crippen LogP contribution in [0.4, 0.5) is 4.39 Å². The zero-order valence-corrected chi connectivity index (χ0v) is 11.1. The largest absolute Gasteiger partial charge is 0.339 e. The lowest BCUT2D eigenvalue weighted by atomic mass is 10.1. The summed E-state index contributed by atoms with van der Waals surface area (Å²) in [5, 5.41) is 0. The van der Waals surface area contributed by atoms with E-state index in [4.69, 9.17) is 0 Å². The van der Waals surface area contributed by atoms with E-state index in [1.54, 1.807) is 4.90 Å². The van der Waals surface area contributed by atoms with Crippen LogP contribution in [0.3, 0.4) is 0 Å². The maximum atomic E-state index is 13.7. The van der Waals surface area contributed by atoms with Gasteiger partial charge in [-0.05, 0) is 38.0 Å². The van der Waals surface area contributed by atoms with E-state index in [-0.39, 0.29) is 17.3 Å². The fraction of sp³-hybridized carbons (Fsp3) is 0.467. The molecule has 1 saturated heterocycles. The molecule has 3 nitrogen and oxygen atoms in total. The molecule has 0 spiro atoms. The summed E-state index contributed by atoms with van der Waals surface area (Å²) < 4.78 is 13.7. The number of benzene rings is 1. The SMILES string of the molecule is CC(=O)c1ccc(C(=O)N2CCCCCC2)cc1F. The number of hydrogen-bond acceptors (Lipinski definition) is 2. The molecule has 0 unspecified atom stereocenters. The molecule has 1 aromatic carbocycles. The number of hydrogen-bond donors (Lipinski definition) is 0. The minimum Gasteiger partial charge on any atom is -0.339 e. The summed E-state index contributed by atoms with van der Waals surface area (Å²) in [5.74, 6) is -1.09. The van der Waals surface area contributed by atoms with Crippen molar-refractivity contribution < 1.29 is 14.0 Å². The third-order valence-corrected chi connectivity index (χ3v) is 3.49. The standard InChI is InChI=1S/C15H18FNO2/c1-11(18)13-7-6-12(10-14(13)16)15(19)17-8-4-2-3-5-9-17/h6-7,10H,2-5,8-9H2,1H3. The van der Waals surface area contributed by atoms with Gasteiger partial charge in [-0.15, -0.1) is 0 Å². The van der Waals surface area contributed by atoms with Crippen molar-refractivity contribution in [3.63, 3.8) is 0 Å². The lowest BCUT2D eigenvalue weighted by Crippen LogP contribution is -2.31. The van der Waals surface area contributed by atoms with Crippen LogP contribution in [0.5, 0.6) is 0 Å². The number of likely N-dealkylation sites (tertiary alicyclic amines) is 1. The van der Waals surface area contributed by atoms with Crippen LogP contribution in [0.2, 0.25) is 0 Å². The Hall–Kier alpha value is -1.71. The summed E-state index contributed by atoms with van der Waals surface area (Å²) in [4.78, 5) is 25.2. The van der Waals surface area contributed by atoms with Gasteiger partial charge in [-0.2, -0.15) is 0 Å². The number of nitrogens with zero attached hydrogens (tertiary/aromatic N) is 1. The van der Waals surface area contributed by atoms with E-state index in [9.17, 15) is 14.0 Å². The number of Topliss-reactive ketones (excluding diaryl/α,β-unsaturated/α-hetero) is 1. The van der Waals surface area contributed by atoms with E-state index in [0.717, 1.165) is 38.8 Å². The van der Waals surface area contributed by atoms with Gasteiger partial charge in [-0.25, -0.2) is 4.39 Å². The van der Waals surface area contributed by atoms with Crippen molar-refractivity contribution in [3.8, 4) is 0 Å². The molecule has 19 heavy (non-hydrogen) atoms. The molecule has 0 aliphatic carbocycles. The normalized spacial score (nSPS) is 16.0. The zero-order chi connectivity index (χ0) is 13.8. The molecule has 0 saturated carbocycles. The number of amides is 1. The van der Waals surface area contributed by atoms with Gasteiger partial charge in [0.2, 0.25) is 0 Å². The van der Waals surface area contributed by atoms with E-state index in [1.165, 1.54) is 25.1 Å². The van der Waals surface area contributed by atoms with Crippen LogP contribution < -0.4 is 0 Å². The van der Waals surface area contributed by atoms with Crippen molar-refractivity contribution in [3.05, 3.63) is 35.1 Å². The van der Waals surface area contributed by atoms with Crippen molar-refractivity contribution in [1.29, 1.82) is 0 Å². The Kier molecular flexibility index (Phi) is 4.30. The zero-order valence-electron chi connectivity index (χ0n) is 11.1. The molecular weight excluding hydrogens is 245 g/mol. The number of rotatable bonds is 2. The molecule has 0 radical (unpaired) electrons. The van der Waals surface area contributed by atoms with Gasteiger partial charge in [0.15, 0.2) is 5.78 Å². The quantitative estimate of drug-likeness (QED) is 0.769. The first-order chi connectivity index (χ1) is 9.09. The first-order valence-corrected chi connectivity index (χ1v) is 6.69. The van der Waals surface area contributed by atoms with Gasteiger partial charge in [-0.3, -0.25) is 9.59 Å². The van der Waals surface area contributed by atoms with Crippen LogP contribution in [-0.2, 0) is 0 Å². The van der Waals surface area contributed by atoms with Gasteiger partial charge in [0.1, 0.15) is 5.82 Å². The highest BCUT2D eigenvalue weighted by atomic mass is 19.1. The van der Waals surface area contributed by atoms with E-state index >= 15 is 0 Å². The summed E-state index contributed by atoms with van der Waals surface area (Å²) in [7, 11) is 0. The van der Waals surface area contributed by atoms with Crippen molar-refractivity contribution in [2.45, 2.75) is 32.6 Å². The Morgan fingerprint density at radius 1 is 1.11 bits per heavy atom. The van der Waals surface area contributed by atoms with Crippen LogP contribution in [0.25, 0.3) is 0 Å². The van der Waals surface area contributed by atoms with Gasteiger partial charge >= 0.3 is 0 Å². The van der Waals surface area contributed by atoms with Crippen LogP contribution in [0.15, 0.2) is 18.2 Å². The lowest BCUT2D eigenvalue weighted by Gasteiger charge is -2.20. The predicted molar refractivity (Wildman–Crippen MR) is 70.8 cm³/mol. The number of carbonyl (C=O) groups is 2. The number of halogens is 1. The molecule has 1 aromatic rings. The molecule has 0 N–H and O–H groups in total. The Morgan fingerprint density at radius 2 is 1.74 bits per heavy atom. The Bertz CT molecular complexity index is 491. The minimum atomic E-state index is -0.617. The summed E-state index contributed by atoms with van der Waals surface area (Å²) in [6, 6.07) is 4.10. The highest BCUT2D eigenvalue weighted by Crippen LogP contribution is 2.16. The van der Waals surface area contributed by atoms with Crippen LogP contribution in [0.1, 0.15) is 53.3 Å². The van der Waals surface area contributed by atoms with Gasteiger partial charge < -0.3 is 4.90 Å². The summed E-state index contributed by atoms with van der Waals surface area (Å²) in [6.07, 6.45) is 4.28. The molecule has 1 heterocycles. The van der Waals surface area contributed by atoms with Crippen LogP contribution in [0, 0.1) is 5.82 Å². The number of ketones is 1. The Labute approximate surface area is 112 Å². The predicted octanol–water partition coefficient (Wildman–Crippen LogP) is 3.04. The first kappa shape index (κ1) is 13.7. The second-order valence-corrected chi connectivity index (χ2v) is 4.96. The van der Waals surface area contributed by atoms with E-state index in [1.807, 2.05) is 0 Å². The van der Waals surface area contributed by atoms with E-state index in [2.05, 4.69) is 0 Å². The Morgan fingerprint density at radius 3 is 2.26 bits per heavy atom. The molecule has 1 aliphatic heterocycles. The molecule has 1 aliphatic rings. The highest BCUT2D eigenvalue weighted by molar-refractivity contribution is 5.98. The molecule has 1 amide bonds. The van der Waals surface area contributed by atoms with Gasteiger partial charge in [0.05, 0.1) is 5.56 Å². The third kappa shape index (κ3) is 3.19. The second-order valence-electron chi connectivity index (χ2n) is 4.96. The average molecular weight is 263 g/mol. The van der Waals surface area contributed by atoms with Crippen molar-refractivity contribution in [1.82, 2.24) is 4.90 Å². The van der Waals surface area contributed by atoms with Gasteiger partial charge in [-0.1, -0.05) is 12.8 Å². The number of carbonyl (C=O) groups excluding carboxylic acids is 2. The van der Waals surface area contributed by atoms with Gasteiger partial charge in [0.25, 0.3) is 5.91 Å². The topological polar surface area (TPSA) is 37.4 Å². The molecule has 0 aromatic heterocycles. The van der Waals surface area contributed by atoms with Crippen molar-refractivity contribution >= 4 is 11.7 Å². The smallest absolute Gasteiger partial charge is 0.253 e. The molecular formula is C15H18FNO2. The molecule has 102 valence electrons. The maximum absolute atomic E-state index is 13.7. The summed E-state index contributed by atoms with van der Waals surface area (Å²) in [6.45, 7) is 2.78. The third-order valence-electron chi connectivity index (χ3n) is 3.49. The Balaban J connectivity index is 2.19. The lowest BCUT2D eigenvalue weighted by molar-refractivity contribution is 0.0760. The monoisotopic (exact) mass is 263 g/mol. The van der Waals surface area contributed by atoms with Crippen LogP contribution >= 0.6 is 0 Å².